The monoisotopic (exact) mass is 291 g/mol. The highest BCUT2D eigenvalue weighted by Gasteiger charge is 2.08. The Kier molecular flexibility index (Phi) is 4.15. The maximum absolute atomic E-state index is 5.95. The molecule has 0 amide bonds. The second-order valence-electron chi connectivity index (χ2n) is 3.06. The molecule has 0 aliphatic carbocycles. The molecule has 2 nitrogen and oxygen atoms in total. The number of benzene rings is 1. The number of rotatable bonds is 3. The van der Waals surface area contributed by atoms with Crippen LogP contribution in [0.2, 0.25) is 0 Å². The summed E-state index contributed by atoms with van der Waals surface area (Å²) in [6, 6.07) is 6.27. The Bertz CT molecular complexity index is 288. The Morgan fingerprint density at radius 1 is 1.54 bits per heavy atom. The highest BCUT2D eigenvalue weighted by molar-refractivity contribution is 14.1. The standard InChI is InChI=1S/C10H14INO/c1-7-3-4-8(11)5-9(7)10(12)6-13-2/h3-5,10H,6,12H2,1-2H3. The van der Waals surface area contributed by atoms with Crippen LogP contribution < -0.4 is 5.73 Å². The molecule has 1 unspecified atom stereocenters. The van der Waals surface area contributed by atoms with Gasteiger partial charge in [0.25, 0.3) is 0 Å². The molecule has 1 rings (SSSR count). The first kappa shape index (κ1) is 10.9. The van der Waals surface area contributed by atoms with Crippen LogP contribution in [0.3, 0.4) is 0 Å². The second kappa shape index (κ2) is 4.93. The predicted molar refractivity (Wildman–Crippen MR) is 62.7 cm³/mol. The Morgan fingerprint density at radius 2 is 2.23 bits per heavy atom. The third kappa shape index (κ3) is 2.93. The third-order valence-corrected chi connectivity index (χ3v) is 2.66. The van der Waals surface area contributed by atoms with E-state index in [2.05, 4.69) is 47.7 Å². The van der Waals surface area contributed by atoms with Crippen LogP contribution in [0.5, 0.6) is 0 Å². The van der Waals surface area contributed by atoms with Crippen LogP contribution in [-0.2, 0) is 4.74 Å². The number of hydrogen-bond donors (Lipinski definition) is 1. The van der Waals surface area contributed by atoms with E-state index >= 15 is 0 Å². The summed E-state index contributed by atoms with van der Waals surface area (Å²) in [4.78, 5) is 0. The molecule has 0 spiro atoms. The average molecular weight is 291 g/mol. The quantitative estimate of drug-likeness (QED) is 0.867. The average Bonchev–Trinajstić information content (AvgIpc) is 2.09. The van der Waals surface area contributed by atoms with Gasteiger partial charge >= 0.3 is 0 Å². The molecule has 0 aliphatic rings. The molecule has 1 atom stereocenters. The van der Waals surface area contributed by atoms with Gasteiger partial charge in [-0.15, -0.1) is 0 Å². The van der Waals surface area contributed by atoms with E-state index in [4.69, 9.17) is 10.5 Å². The first-order chi connectivity index (χ1) is 6.15. The van der Waals surface area contributed by atoms with Gasteiger partial charge in [0.15, 0.2) is 0 Å². The van der Waals surface area contributed by atoms with Crippen LogP contribution in [0.15, 0.2) is 18.2 Å². The van der Waals surface area contributed by atoms with Crippen molar-refractivity contribution in [2.24, 2.45) is 5.73 Å². The molecule has 1 aromatic rings. The SMILES string of the molecule is COCC(N)c1cc(I)ccc1C. The normalized spacial score (nSPS) is 12.9. The first-order valence-corrected chi connectivity index (χ1v) is 5.23. The molecule has 3 heteroatoms. The zero-order valence-electron chi connectivity index (χ0n) is 7.88. The number of nitrogens with two attached hydrogens (primary N) is 1. The fraction of sp³-hybridized carbons (Fsp3) is 0.400. The topological polar surface area (TPSA) is 35.2 Å². The molecular weight excluding hydrogens is 277 g/mol. The van der Waals surface area contributed by atoms with E-state index in [1.807, 2.05) is 0 Å². The fourth-order valence-electron chi connectivity index (χ4n) is 1.28. The van der Waals surface area contributed by atoms with Crippen LogP contribution in [0.25, 0.3) is 0 Å². The zero-order chi connectivity index (χ0) is 9.84. The molecule has 0 fully saturated rings. The molecular formula is C10H14INO. The highest BCUT2D eigenvalue weighted by Crippen LogP contribution is 2.18. The number of halogens is 1. The van der Waals surface area contributed by atoms with Gasteiger partial charge in [-0.3, -0.25) is 0 Å². The van der Waals surface area contributed by atoms with Gasteiger partial charge in [-0.25, -0.2) is 0 Å². The van der Waals surface area contributed by atoms with Crippen molar-refractivity contribution in [2.45, 2.75) is 13.0 Å². The van der Waals surface area contributed by atoms with Gasteiger partial charge in [-0.1, -0.05) is 6.07 Å². The molecule has 0 bridgehead atoms. The summed E-state index contributed by atoms with van der Waals surface area (Å²) in [6.45, 7) is 2.64. The lowest BCUT2D eigenvalue weighted by atomic mass is 10.0. The van der Waals surface area contributed by atoms with Gasteiger partial charge in [0.1, 0.15) is 0 Å². The molecule has 0 heterocycles. The summed E-state index contributed by atoms with van der Waals surface area (Å²) in [6.07, 6.45) is 0. The third-order valence-electron chi connectivity index (χ3n) is 1.99. The first-order valence-electron chi connectivity index (χ1n) is 4.15. The lowest BCUT2D eigenvalue weighted by Crippen LogP contribution is -2.17. The van der Waals surface area contributed by atoms with Crippen LogP contribution in [0, 0.1) is 10.5 Å². The minimum absolute atomic E-state index is 0.0142. The molecule has 2 N–H and O–H groups in total. The molecule has 1 aromatic carbocycles. The maximum atomic E-state index is 5.95. The summed E-state index contributed by atoms with van der Waals surface area (Å²) in [5.74, 6) is 0. The highest BCUT2D eigenvalue weighted by atomic mass is 127. The van der Waals surface area contributed by atoms with Crippen molar-refractivity contribution >= 4 is 22.6 Å². The predicted octanol–water partition coefficient (Wildman–Crippen LogP) is 2.25. The van der Waals surface area contributed by atoms with E-state index < -0.39 is 0 Å². The Balaban J connectivity index is 2.91. The number of methoxy groups -OCH3 is 1. The van der Waals surface area contributed by atoms with E-state index in [-0.39, 0.29) is 6.04 Å². The summed E-state index contributed by atoms with van der Waals surface area (Å²) >= 11 is 2.29. The Morgan fingerprint density at radius 3 is 2.85 bits per heavy atom. The summed E-state index contributed by atoms with van der Waals surface area (Å²) in [5.41, 5.74) is 8.35. The molecule has 0 radical (unpaired) electrons. The van der Waals surface area contributed by atoms with Crippen LogP contribution in [0.4, 0.5) is 0 Å². The van der Waals surface area contributed by atoms with Crippen molar-refractivity contribution in [1.29, 1.82) is 0 Å². The lowest BCUT2D eigenvalue weighted by Gasteiger charge is -2.13. The number of ether oxygens (including phenoxy) is 1. The molecule has 72 valence electrons. The molecule has 13 heavy (non-hydrogen) atoms. The van der Waals surface area contributed by atoms with Gasteiger partial charge in [-0.05, 0) is 52.8 Å². The minimum Gasteiger partial charge on any atom is -0.383 e. The summed E-state index contributed by atoms with van der Waals surface area (Å²) in [7, 11) is 1.67. The Hall–Kier alpha value is -0.130. The van der Waals surface area contributed by atoms with Gasteiger partial charge in [-0.2, -0.15) is 0 Å². The number of hydrogen-bond acceptors (Lipinski definition) is 2. The molecule has 0 saturated heterocycles. The van der Waals surface area contributed by atoms with Crippen LogP contribution >= 0.6 is 22.6 Å². The van der Waals surface area contributed by atoms with Crippen molar-refractivity contribution in [3.63, 3.8) is 0 Å². The second-order valence-corrected chi connectivity index (χ2v) is 4.31. The lowest BCUT2D eigenvalue weighted by molar-refractivity contribution is 0.180. The molecule has 0 aliphatic heterocycles. The zero-order valence-corrected chi connectivity index (χ0v) is 10.0. The van der Waals surface area contributed by atoms with Crippen molar-refractivity contribution in [3.05, 3.63) is 32.9 Å². The fourth-order valence-corrected chi connectivity index (χ4v) is 1.80. The van der Waals surface area contributed by atoms with Crippen LogP contribution in [0.1, 0.15) is 17.2 Å². The van der Waals surface area contributed by atoms with Gasteiger partial charge < -0.3 is 10.5 Å². The number of aryl methyl sites for hydroxylation is 1. The largest absolute Gasteiger partial charge is 0.383 e. The summed E-state index contributed by atoms with van der Waals surface area (Å²) in [5, 5.41) is 0. The van der Waals surface area contributed by atoms with E-state index in [1.165, 1.54) is 14.7 Å². The van der Waals surface area contributed by atoms with Crippen molar-refractivity contribution in [2.75, 3.05) is 13.7 Å². The van der Waals surface area contributed by atoms with Crippen molar-refractivity contribution in [1.82, 2.24) is 0 Å². The van der Waals surface area contributed by atoms with Crippen molar-refractivity contribution in [3.8, 4) is 0 Å². The smallest absolute Gasteiger partial charge is 0.0655 e. The maximum Gasteiger partial charge on any atom is 0.0655 e. The van der Waals surface area contributed by atoms with Gasteiger partial charge in [0.05, 0.1) is 12.6 Å². The van der Waals surface area contributed by atoms with Crippen molar-refractivity contribution < 1.29 is 4.74 Å². The van der Waals surface area contributed by atoms with E-state index in [1.54, 1.807) is 7.11 Å². The molecule has 0 aromatic heterocycles. The van der Waals surface area contributed by atoms with Crippen LogP contribution in [-0.4, -0.2) is 13.7 Å². The van der Waals surface area contributed by atoms with Gasteiger partial charge in [0.2, 0.25) is 0 Å². The minimum atomic E-state index is -0.0142. The van der Waals surface area contributed by atoms with E-state index in [0.29, 0.717) is 6.61 Å². The molecule has 0 saturated carbocycles. The van der Waals surface area contributed by atoms with Gasteiger partial charge in [0, 0.05) is 10.7 Å². The Labute approximate surface area is 92.6 Å². The van der Waals surface area contributed by atoms with E-state index in [9.17, 15) is 0 Å². The van der Waals surface area contributed by atoms with E-state index in [0.717, 1.165) is 0 Å². The summed E-state index contributed by atoms with van der Waals surface area (Å²) < 4.78 is 6.24.